The van der Waals surface area contributed by atoms with E-state index in [1.54, 1.807) is 19.2 Å². The third-order valence-electron chi connectivity index (χ3n) is 2.49. The standard InChI is InChI=1S/C12H12N4O4/c1-8-6-13-15-12(8)14-11(17)7-20-10-4-2-3-9(5-10)16(18)19/h2-6H,7H2,1H3,(H2,13,14,15,17). The van der Waals surface area contributed by atoms with Gasteiger partial charge in [0.05, 0.1) is 17.2 Å². The van der Waals surface area contributed by atoms with Gasteiger partial charge in [-0.25, -0.2) is 0 Å². The number of rotatable bonds is 5. The van der Waals surface area contributed by atoms with Gasteiger partial charge in [0, 0.05) is 11.6 Å². The SMILES string of the molecule is Cc1cn[nH]c1NC(=O)COc1cccc([N+](=O)[O-])c1. The second-order valence-corrected chi connectivity index (χ2v) is 4.02. The molecule has 1 aromatic carbocycles. The molecule has 0 aliphatic rings. The lowest BCUT2D eigenvalue weighted by atomic mass is 10.3. The summed E-state index contributed by atoms with van der Waals surface area (Å²) in [5.41, 5.74) is 0.709. The molecule has 0 unspecified atom stereocenters. The molecule has 8 heteroatoms. The van der Waals surface area contributed by atoms with Crippen LogP contribution in [0.3, 0.4) is 0 Å². The fraction of sp³-hybridized carbons (Fsp3) is 0.167. The number of ether oxygens (including phenoxy) is 1. The van der Waals surface area contributed by atoms with Crippen molar-refractivity contribution in [2.75, 3.05) is 11.9 Å². The molecule has 2 rings (SSSR count). The van der Waals surface area contributed by atoms with Crippen molar-refractivity contribution in [1.29, 1.82) is 0 Å². The van der Waals surface area contributed by atoms with Crippen LogP contribution in [0.25, 0.3) is 0 Å². The van der Waals surface area contributed by atoms with E-state index in [-0.39, 0.29) is 24.0 Å². The number of nitrogens with zero attached hydrogens (tertiary/aromatic N) is 2. The van der Waals surface area contributed by atoms with Crippen molar-refractivity contribution in [2.45, 2.75) is 6.92 Å². The molecule has 0 bridgehead atoms. The molecule has 0 spiro atoms. The number of anilines is 1. The molecule has 0 aliphatic heterocycles. The summed E-state index contributed by atoms with van der Waals surface area (Å²) >= 11 is 0. The van der Waals surface area contributed by atoms with Crippen molar-refractivity contribution in [3.8, 4) is 5.75 Å². The first-order chi connectivity index (χ1) is 9.56. The summed E-state index contributed by atoms with van der Waals surface area (Å²) in [6, 6.07) is 5.64. The van der Waals surface area contributed by atoms with Crippen LogP contribution in [0.4, 0.5) is 11.5 Å². The first-order valence-electron chi connectivity index (χ1n) is 5.73. The minimum atomic E-state index is -0.527. The van der Waals surface area contributed by atoms with Gasteiger partial charge in [-0.2, -0.15) is 5.10 Å². The number of carbonyl (C=O) groups excluding carboxylic acids is 1. The number of aryl methyl sites for hydroxylation is 1. The van der Waals surface area contributed by atoms with Crippen molar-refractivity contribution in [3.63, 3.8) is 0 Å². The average molecular weight is 276 g/mol. The summed E-state index contributed by atoms with van der Waals surface area (Å²) in [6.45, 7) is 1.54. The van der Waals surface area contributed by atoms with Crippen LogP contribution < -0.4 is 10.1 Å². The van der Waals surface area contributed by atoms with E-state index in [1.807, 2.05) is 0 Å². The zero-order valence-corrected chi connectivity index (χ0v) is 10.6. The van der Waals surface area contributed by atoms with Gasteiger partial charge in [-0.05, 0) is 13.0 Å². The molecule has 8 nitrogen and oxygen atoms in total. The number of nitrogens with one attached hydrogen (secondary N) is 2. The lowest BCUT2D eigenvalue weighted by Gasteiger charge is -2.06. The molecule has 0 fully saturated rings. The van der Waals surface area contributed by atoms with Crippen LogP contribution in [-0.4, -0.2) is 27.6 Å². The van der Waals surface area contributed by atoms with E-state index in [0.29, 0.717) is 5.82 Å². The van der Waals surface area contributed by atoms with Gasteiger partial charge in [0.1, 0.15) is 11.6 Å². The van der Waals surface area contributed by atoms with Gasteiger partial charge in [0.25, 0.3) is 11.6 Å². The summed E-state index contributed by atoms with van der Waals surface area (Å²) in [7, 11) is 0. The molecule has 2 N–H and O–H groups in total. The Morgan fingerprint density at radius 1 is 1.55 bits per heavy atom. The van der Waals surface area contributed by atoms with Crippen LogP contribution in [0.15, 0.2) is 30.5 Å². The molecular formula is C12H12N4O4. The Labute approximate surface area is 113 Å². The van der Waals surface area contributed by atoms with Gasteiger partial charge >= 0.3 is 0 Å². The second-order valence-electron chi connectivity index (χ2n) is 4.02. The number of aromatic amines is 1. The lowest BCUT2D eigenvalue weighted by molar-refractivity contribution is -0.384. The zero-order chi connectivity index (χ0) is 14.5. The van der Waals surface area contributed by atoms with Crippen molar-refractivity contribution in [3.05, 3.63) is 46.1 Å². The Morgan fingerprint density at radius 2 is 2.35 bits per heavy atom. The van der Waals surface area contributed by atoms with Gasteiger partial charge in [0.15, 0.2) is 6.61 Å². The number of nitro benzene ring substituents is 1. The molecule has 20 heavy (non-hydrogen) atoms. The van der Waals surface area contributed by atoms with Gasteiger partial charge in [0.2, 0.25) is 0 Å². The number of nitro groups is 1. The van der Waals surface area contributed by atoms with Gasteiger partial charge in [-0.1, -0.05) is 6.07 Å². The third kappa shape index (κ3) is 3.31. The molecule has 1 aromatic heterocycles. The predicted octanol–water partition coefficient (Wildman–Crippen LogP) is 1.64. The fourth-order valence-electron chi connectivity index (χ4n) is 1.48. The number of hydrogen-bond donors (Lipinski definition) is 2. The van der Waals surface area contributed by atoms with Crippen molar-refractivity contribution in [2.24, 2.45) is 0 Å². The molecule has 2 aromatic rings. The van der Waals surface area contributed by atoms with Gasteiger partial charge in [-0.3, -0.25) is 20.0 Å². The number of benzene rings is 1. The number of hydrogen-bond acceptors (Lipinski definition) is 5. The quantitative estimate of drug-likeness (QED) is 0.637. The normalized spacial score (nSPS) is 10.1. The molecule has 0 radical (unpaired) electrons. The van der Waals surface area contributed by atoms with Gasteiger partial charge < -0.3 is 10.1 Å². The van der Waals surface area contributed by atoms with E-state index < -0.39 is 4.92 Å². The van der Waals surface area contributed by atoms with E-state index in [1.165, 1.54) is 18.2 Å². The molecule has 104 valence electrons. The topological polar surface area (TPSA) is 110 Å². The van der Waals surface area contributed by atoms with Gasteiger partial charge in [-0.15, -0.1) is 0 Å². The molecule has 1 amide bonds. The van der Waals surface area contributed by atoms with Crippen molar-refractivity contribution in [1.82, 2.24) is 10.2 Å². The maximum absolute atomic E-state index is 11.6. The highest BCUT2D eigenvalue weighted by Gasteiger charge is 2.09. The molecular weight excluding hydrogens is 264 g/mol. The van der Waals surface area contributed by atoms with E-state index >= 15 is 0 Å². The third-order valence-corrected chi connectivity index (χ3v) is 2.49. The number of aromatic nitrogens is 2. The summed E-state index contributed by atoms with van der Waals surface area (Å²) < 4.78 is 5.20. The average Bonchev–Trinajstić information content (AvgIpc) is 2.82. The Morgan fingerprint density at radius 3 is 3.00 bits per heavy atom. The first-order valence-corrected chi connectivity index (χ1v) is 5.73. The highest BCUT2D eigenvalue weighted by Crippen LogP contribution is 2.19. The highest BCUT2D eigenvalue weighted by atomic mass is 16.6. The van der Waals surface area contributed by atoms with E-state index in [0.717, 1.165) is 5.56 Å². The number of carbonyl (C=O) groups is 1. The second kappa shape index (κ2) is 5.83. The Balaban J connectivity index is 1.92. The van der Waals surface area contributed by atoms with Crippen molar-refractivity contribution >= 4 is 17.4 Å². The van der Waals surface area contributed by atoms with E-state index in [9.17, 15) is 14.9 Å². The zero-order valence-electron chi connectivity index (χ0n) is 10.6. The van der Waals surface area contributed by atoms with Crippen LogP contribution in [-0.2, 0) is 4.79 Å². The highest BCUT2D eigenvalue weighted by molar-refractivity contribution is 5.91. The first kappa shape index (κ1) is 13.5. The lowest BCUT2D eigenvalue weighted by Crippen LogP contribution is -2.20. The summed E-state index contributed by atoms with van der Waals surface area (Å²) in [5, 5.41) is 19.6. The Hall–Kier alpha value is -2.90. The monoisotopic (exact) mass is 276 g/mol. The summed E-state index contributed by atoms with van der Waals surface area (Å²) in [6.07, 6.45) is 1.58. The molecule has 0 aliphatic carbocycles. The van der Waals surface area contributed by atoms with Crippen LogP contribution in [0.1, 0.15) is 5.56 Å². The van der Waals surface area contributed by atoms with Crippen molar-refractivity contribution < 1.29 is 14.5 Å². The van der Waals surface area contributed by atoms with Crippen LogP contribution in [0, 0.1) is 17.0 Å². The number of H-pyrrole nitrogens is 1. The van der Waals surface area contributed by atoms with Crippen LogP contribution in [0.2, 0.25) is 0 Å². The Kier molecular flexibility index (Phi) is 3.94. The fourth-order valence-corrected chi connectivity index (χ4v) is 1.48. The molecule has 1 heterocycles. The summed E-state index contributed by atoms with van der Waals surface area (Å²) in [4.78, 5) is 21.7. The predicted molar refractivity (Wildman–Crippen MR) is 70.5 cm³/mol. The number of non-ortho nitro benzene ring substituents is 1. The van der Waals surface area contributed by atoms with Crippen LogP contribution in [0.5, 0.6) is 5.75 Å². The molecule has 0 atom stereocenters. The summed E-state index contributed by atoms with van der Waals surface area (Å²) in [5.74, 6) is 0.372. The largest absolute Gasteiger partial charge is 0.484 e. The van der Waals surface area contributed by atoms with Crippen LogP contribution >= 0.6 is 0 Å². The van der Waals surface area contributed by atoms with E-state index in [2.05, 4.69) is 15.5 Å². The smallest absolute Gasteiger partial charge is 0.273 e. The number of amides is 1. The minimum absolute atomic E-state index is 0.0904. The minimum Gasteiger partial charge on any atom is -0.484 e. The molecule has 0 saturated heterocycles. The Bertz CT molecular complexity index is 638. The maximum atomic E-state index is 11.6. The van der Waals surface area contributed by atoms with E-state index in [4.69, 9.17) is 4.74 Å². The maximum Gasteiger partial charge on any atom is 0.273 e. The molecule has 0 saturated carbocycles.